The van der Waals surface area contributed by atoms with E-state index in [1.807, 2.05) is 0 Å². The summed E-state index contributed by atoms with van der Waals surface area (Å²) in [5.41, 5.74) is 10.0. The Labute approximate surface area is 386 Å². The highest BCUT2D eigenvalue weighted by Crippen LogP contribution is 2.26. The molecule has 0 radical (unpaired) electrons. The summed E-state index contributed by atoms with van der Waals surface area (Å²) >= 11 is 15.7. The van der Waals surface area contributed by atoms with Crippen molar-refractivity contribution in [1.82, 2.24) is 29.9 Å². The Kier molecular flexibility index (Phi) is 39.7. The molecule has 33 heteroatoms. The van der Waals surface area contributed by atoms with Crippen molar-refractivity contribution in [2.45, 2.75) is 125 Å². The number of aliphatic hydroxyl groups is 1. The van der Waals surface area contributed by atoms with Crippen molar-refractivity contribution < 1.29 is 97.1 Å². The molecule has 3 heterocycles. The summed E-state index contributed by atoms with van der Waals surface area (Å²) in [4.78, 5) is 39.6. The molecule has 3 rings (SSSR count). The van der Waals surface area contributed by atoms with Gasteiger partial charge in [0.2, 0.25) is 22.2 Å². The highest BCUT2D eigenvalue weighted by molar-refractivity contribution is 6.39. The number of ether oxygens (including phenoxy) is 2. The van der Waals surface area contributed by atoms with Gasteiger partial charge in [-0.25, -0.2) is 24.3 Å². The molecule has 0 aliphatic rings. The number of aliphatic carboxylic acids is 2. The molecule has 384 valence electrons. The number of hydrogen-bond donors (Lipinski definition) is 7. The summed E-state index contributed by atoms with van der Waals surface area (Å²) in [7, 11) is -1.17. The predicted molar refractivity (Wildman–Crippen MR) is 217 cm³/mol. The molecule has 17 nitrogen and oxygen atoms in total. The van der Waals surface area contributed by atoms with Gasteiger partial charge in [-0.3, -0.25) is 9.59 Å². The van der Waals surface area contributed by atoms with E-state index in [1.165, 1.54) is 13.7 Å². The SMILES string of the molecule is C.C.CB(O)O.CC(O)C(F)(F)F.CC(Oc1nc(Cl)ncc1F)C(F)(F)F.CC[C@H](N)C(=O)O.CC[C@H](N)C(=O)O.Cc1ncc(F)c(OC(C)C(F)(F)F)n1.Fc1cnc(Cl)nc1Cl. The predicted octanol–water partition coefficient (Wildman–Crippen LogP) is 7.68. The zero-order valence-corrected chi connectivity index (χ0v) is 36.3. The highest BCUT2D eigenvalue weighted by atomic mass is 35.5. The van der Waals surface area contributed by atoms with Crippen molar-refractivity contribution in [1.29, 1.82) is 0 Å². The van der Waals surface area contributed by atoms with Crippen LogP contribution in [0.1, 0.15) is 68.1 Å². The maximum Gasteiger partial charge on any atom is 0.448 e. The lowest BCUT2D eigenvalue weighted by molar-refractivity contribution is -0.197. The quantitative estimate of drug-likeness (QED) is 0.0493. The molecule has 0 amide bonds. The zero-order chi connectivity index (χ0) is 51.5. The third-order valence-corrected chi connectivity index (χ3v) is 6.30. The van der Waals surface area contributed by atoms with Crippen LogP contribution < -0.4 is 20.9 Å². The number of carbonyl (C=O) groups is 2. The van der Waals surface area contributed by atoms with Crippen LogP contribution in [0.5, 0.6) is 11.8 Å². The van der Waals surface area contributed by atoms with Crippen molar-refractivity contribution in [3.63, 3.8) is 0 Å². The van der Waals surface area contributed by atoms with Crippen LogP contribution in [0.4, 0.5) is 52.7 Å². The average molecular weight is 1050 g/mol. The van der Waals surface area contributed by atoms with Gasteiger partial charge in [-0.1, -0.05) is 40.3 Å². The molecule has 0 saturated heterocycles. The number of carboxylic acids is 2. The Hall–Kier alpha value is -4.33. The van der Waals surface area contributed by atoms with Crippen molar-refractivity contribution in [3.05, 3.63) is 57.6 Å². The van der Waals surface area contributed by atoms with Crippen LogP contribution in [0.3, 0.4) is 0 Å². The summed E-state index contributed by atoms with van der Waals surface area (Å²) < 4.78 is 152. The number of rotatable bonds is 8. The molecule has 0 fully saturated rings. The second kappa shape index (κ2) is 35.8. The van der Waals surface area contributed by atoms with Crippen LogP contribution in [0.25, 0.3) is 0 Å². The summed E-state index contributed by atoms with van der Waals surface area (Å²) in [6, 6.07) is -1.36. The Balaban J connectivity index is -0.000000165. The number of hydrogen-bond acceptors (Lipinski definition) is 15. The minimum Gasteiger partial charge on any atom is -0.480 e. The van der Waals surface area contributed by atoms with Gasteiger partial charge in [0.05, 0.1) is 18.6 Å². The van der Waals surface area contributed by atoms with E-state index in [-0.39, 0.29) is 36.4 Å². The second-order valence-corrected chi connectivity index (χ2v) is 12.3. The molecule has 9 N–H and O–H groups in total. The number of aryl methyl sites for hydroxylation is 1. The summed E-state index contributed by atoms with van der Waals surface area (Å²) in [5, 5.41) is 38.4. The Bertz CT molecular complexity index is 1710. The number of aromatic nitrogens is 6. The van der Waals surface area contributed by atoms with Gasteiger partial charge in [0.25, 0.3) is 11.8 Å². The highest BCUT2D eigenvalue weighted by Gasteiger charge is 2.40. The first-order chi connectivity index (χ1) is 28.8. The molecule has 3 aromatic heterocycles. The monoisotopic (exact) mass is 1050 g/mol. The number of carboxylic acid groups (broad SMARTS) is 2. The topological polar surface area (TPSA) is 283 Å². The number of nitrogens with zero attached hydrogens (tertiary/aromatic N) is 6. The number of nitrogens with two attached hydrogens (primary N) is 2. The van der Waals surface area contributed by atoms with Crippen LogP contribution >= 0.6 is 34.8 Å². The van der Waals surface area contributed by atoms with E-state index in [0.717, 1.165) is 26.2 Å². The second-order valence-electron chi connectivity index (χ2n) is 11.3. The van der Waals surface area contributed by atoms with Crippen molar-refractivity contribution in [3.8, 4) is 11.8 Å². The van der Waals surface area contributed by atoms with E-state index in [4.69, 9.17) is 71.6 Å². The van der Waals surface area contributed by atoms with Gasteiger partial charge in [-0.05, 0) is 70.6 Å². The van der Waals surface area contributed by atoms with E-state index >= 15 is 0 Å². The largest absolute Gasteiger partial charge is 0.480 e. The van der Waals surface area contributed by atoms with Gasteiger partial charge in [0, 0.05) is 0 Å². The van der Waals surface area contributed by atoms with Crippen LogP contribution in [-0.4, -0.2) is 123 Å². The lowest BCUT2D eigenvalue weighted by Gasteiger charge is -2.16. The molecule has 0 aliphatic carbocycles. The molecule has 0 saturated carbocycles. The van der Waals surface area contributed by atoms with E-state index in [9.17, 15) is 62.3 Å². The standard InChI is InChI=1S/C8H8F4N2O.C7H5ClF4N2O.C4HCl2FN2.2C4H9NO2.C3H5F3O.CH5BO2.2CH4/c1-4(8(10,11)12)15-7-6(9)3-13-5(2)14-7;1-3(7(10,11)12)15-5-4(9)2-13-6(8)14-5;5-3-2(7)1-8-4(6)9-3;2*1-2-3(5)4(6)7;1-2(7)3(4,5)6;1-2(3)4;;/h3-4H,1-2H3;2-3H,1H3;1H;2*3H,2,5H2,1H3,(H,6,7);2,7H,1H3;3-4H,1H3;2*1H4/t;;;2*3-;;;;/m...00..../s1. The van der Waals surface area contributed by atoms with Crippen LogP contribution in [0.2, 0.25) is 22.5 Å². The molecule has 0 aliphatic heterocycles. The Morgan fingerprint density at radius 3 is 1.20 bits per heavy atom. The van der Waals surface area contributed by atoms with E-state index in [2.05, 4.69) is 39.4 Å². The van der Waals surface area contributed by atoms with E-state index < -0.39 is 97.2 Å². The fourth-order valence-electron chi connectivity index (χ4n) is 2.08. The molecule has 0 spiro atoms. The Morgan fingerprint density at radius 1 is 0.667 bits per heavy atom. The van der Waals surface area contributed by atoms with Gasteiger partial charge < -0.3 is 46.3 Å². The average Bonchev–Trinajstić information content (AvgIpc) is 3.15. The maximum absolute atomic E-state index is 12.9. The molecular weight excluding hydrogens is 998 g/mol. The van der Waals surface area contributed by atoms with Crippen LogP contribution in [0, 0.1) is 24.4 Å². The molecule has 0 bridgehead atoms. The fraction of sp³-hybridized carbons (Fsp3) is 0.576. The minimum atomic E-state index is -4.59. The first-order valence-electron chi connectivity index (χ1n) is 16.9. The van der Waals surface area contributed by atoms with Crippen molar-refractivity contribution in [2.75, 3.05) is 0 Å². The van der Waals surface area contributed by atoms with Gasteiger partial charge in [0.15, 0.2) is 23.2 Å². The zero-order valence-electron chi connectivity index (χ0n) is 34.0. The van der Waals surface area contributed by atoms with Crippen molar-refractivity contribution in [2.24, 2.45) is 11.5 Å². The lowest BCUT2D eigenvalue weighted by atomic mass is 9.99. The summed E-state index contributed by atoms with van der Waals surface area (Å²) in [6.45, 7) is 8.36. The van der Waals surface area contributed by atoms with Gasteiger partial charge in [0.1, 0.15) is 24.0 Å². The lowest BCUT2D eigenvalue weighted by Crippen LogP contribution is -2.31. The van der Waals surface area contributed by atoms with Crippen LogP contribution in [-0.2, 0) is 9.59 Å². The number of halogens is 15. The fourth-order valence-corrected chi connectivity index (χ4v) is 2.51. The minimum absolute atomic E-state index is 0. The maximum atomic E-state index is 12.9. The summed E-state index contributed by atoms with van der Waals surface area (Å²) in [5.74, 6) is -6.01. The number of alkyl halides is 9. The summed E-state index contributed by atoms with van der Waals surface area (Å²) in [6.07, 6.45) is -16.8. The molecule has 3 aromatic rings. The first kappa shape index (κ1) is 73.3. The first-order valence-corrected chi connectivity index (χ1v) is 18.0. The normalized spacial score (nSPS) is 12.6. The molecule has 66 heavy (non-hydrogen) atoms. The smallest absolute Gasteiger partial charge is 0.448 e. The molecule has 3 unspecified atom stereocenters. The number of aliphatic hydroxyl groups excluding tert-OH is 1. The molecule has 5 atom stereocenters. The molecule has 0 aromatic carbocycles. The van der Waals surface area contributed by atoms with Crippen LogP contribution in [0.15, 0.2) is 18.6 Å². The van der Waals surface area contributed by atoms with E-state index in [1.54, 1.807) is 13.8 Å². The third-order valence-electron chi connectivity index (χ3n) is 5.67. The molecular formula is C33H50BCl3F12N8O9. The van der Waals surface area contributed by atoms with Gasteiger partial charge >= 0.3 is 37.6 Å². The Morgan fingerprint density at radius 2 is 0.955 bits per heavy atom. The van der Waals surface area contributed by atoms with E-state index in [0.29, 0.717) is 26.0 Å². The third kappa shape index (κ3) is 38.9. The van der Waals surface area contributed by atoms with Crippen molar-refractivity contribution >= 4 is 53.9 Å². The van der Waals surface area contributed by atoms with Gasteiger partial charge in [-0.2, -0.15) is 58.3 Å². The van der Waals surface area contributed by atoms with Gasteiger partial charge in [-0.15, -0.1) is 0 Å².